The molecule has 1 aromatic rings. The lowest BCUT2D eigenvalue weighted by molar-refractivity contribution is 0.236. The summed E-state index contributed by atoms with van der Waals surface area (Å²) < 4.78 is 1.13. The molecule has 0 radical (unpaired) electrons. The third-order valence-electron chi connectivity index (χ3n) is 5.08. The minimum absolute atomic E-state index is 0.129. The summed E-state index contributed by atoms with van der Waals surface area (Å²) in [7, 11) is 0. The highest BCUT2D eigenvalue weighted by Gasteiger charge is 2.34. The fourth-order valence-electron chi connectivity index (χ4n) is 3.30. The third-order valence-corrected chi connectivity index (χ3v) is 5.80. The largest absolute Gasteiger partial charge is 0.324 e. The molecule has 1 fully saturated rings. The molecule has 3 heteroatoms. The molecule has 0 spiro atoms. The van der Waals surface area contributed by atoms with Crippen molar-refractivity contribution >= 4 is 15.9 Å². The van der Waals surface area contributed by atoms with Gasteiger partial charge >= 0.3 is 0 Å². The Bertz CT molecular complexity index is 429. The van der Waals surface area contributed by atoms with Crippen LogP contribution in [0.1, 0.15) is 51.1 Å². The maximum atomic E-state index is 6.35. The van der Waals surface area contributed by atoms with Crippen LogP contribution in [0.4, 0.5) is 0 Å². The molecule has 1 heterocycles. The van der Waals surface area contributed by atoms with Crippen LogP contribution in [0.3, 0.4) is 0 Å². The summed E-state index contributed by atoms with van der Waals surface area (Å²) in [6.45, 7) is 8.27. The Morgan fingerprint density at radius 3 is 2.60 bits per heavy atom. The lowest BCUT2D eigenvalue weighted by Crippen LogP contribution is -2.29. The molecule has 20 heavy (non-hydrogen) atoms. The van der Waals surface area contributed by atoms with E-state index in [-0.39, 0.29) is 6.04 Å². The molecule has 2 nitrogen and oxygen atoms in total. The van der Waals surface area contributed by atoms with Gasteiger partial charge in [-0.1, -0.05) is 48.0 Å². The smallest absolute Gasteiger partial charge is 0.0318 e. The second-order valence-electron chi connectivity index (χ2n) is 6.15. The van der Waals surface area contributed by atoms with Crippen molar-refractivity contribution in [2.24, 2.45) is 11.1 Å². The fraction of sp³-hybridized carbons (Fsp3) is 0.647. The van der Waals surface area contributed by atoms with Gasteiger partial charge in [-0.05, 0) is 55.8 Å². The Hall–Kier alpha value is -0.380. The van der Waals surface area contributed by atoms with Crippen molar-refractivity contribution in [1.82, 2.24) is 4.90 Å². The zero-order valence-electron chi connectivity index (χ0n) is 12.7. The molecule has 112 valence electrons. The highest BCUT2D eigenvalue weighted by atomic mass is 79.9. The van der Waals surface area contributed by atoms with Crippen LogP contribution in [0, 0.1) is 5.41 Å². The van der Waals surface area contributed by atoms with Crippen LogP contribution < -0.4 is 5.73 Å². The van der Waals surface area contributed by atoms with E-state index in [9.17, 15) is 0 Å². The van der Waals surface area contributed by atoms with Gasteiger partial charge in [-0.25, -0.2) is 0 Å². The topological polar surface area (TPSA) is 29.3 Å². The molecule has 1 unspecified atom stereocenters. The number of likely N-dealkylation sites (tertiary alicyclic amines) is 1. The first-order valence-corrected chi connectivity index (χ1v) is 8.62. The molecule has 0 aromatic heterocycles. The van der Waals surface area contributed by atoms with E-state index in [1.165, 1.54) is 37.9 Å². The van der Waals surface area contributed by atoms with E-state index >= 15 is 0 Å². The maximum absolute atomic E-state index is 6.35. The van der Waals surface area contributed by atoms with Gasteiger partial charge in [0.1, 0.15) is 0 Å². The molecule has 1 saturated heterocycles. The van der Waals surface area contributed by atoms with Gasteiger partial charge in [0.05, 0.1) is 0 Å². The predicted molar refractivity (Wildman–Crippen MR) is 89.8 cm³/mol. The summed E-state index contributed by atoms with van der Waals surface area (Å²) in [5.74, 6) is 0. The lowest BCUT2D eigenvalue weighted by atomic mass is 9.82. The van der Waals surface area contributed by atoms with E-state index in [4.69, 9.17) is 5.73 Å². The van der Waals surface area contributed by atoms with Crippen LogP contribution in [-0.2, 0) is 0 Å². The highest BCUT2D eigenvalue weighted by Crippen LogP contribution is 2.37. The standard InChI is InChI=1S/C17H27BrN2/c1-3-17(4-2)10-12-20(13-17)11-9-16(19)14-7-5-6-8-15(14)18/h5-8,16H,3-4,9-13,19H2,1-2H3. The fourth-order valence-corrected chi connectivity index (χ4v) is 3.88. The van der Waals surface area contributed by atoms with Crippen molar-refractivity contribution in [3.8, 4) is 0 Å². The molecule has 0 aliphatic carbocycles. The van der Waals surface area contributed by atoms with Crippen molar-refractivity contribution < 1.29 is 0 Å². The first kappa shape index (κ1) is 16.0. The number of rotatable bonds is 6. The third kappa shape index (κ3) is 3.63. The van der Waals surface area contributed by atoms with Gasteiger partial charge < -0.3 is 10.6 Å². The van der Waals surface area contributed by atoms with Crippen LogP contribution in [-0.4, -0.2) is 24.5 Å². The van der Waals surface area contributed by atoms with Crippen molar-refractivity contribution in [2.45, 2.75) is 45.6 Å². The van der Waals surface area contributed by atoms with Gasteiger partial charge in [-0.3, -0.25) is 0 Å². The molecule has 1 aliphatic rings. The molecule has 1 aliphatic heterocycles. The Kier molecular flexibility index (Phi) is 5.65. The quantitative estimate of drug-likeness (QED) is 0.835. The first-order valence-electron chi connectivity index (χ1n) is 7.82. The normalized spacial score (nSPS) is 20.2. The second-order valence-corrected chi connectivity index (χ2v) is 7.00. The number of benzene rings is 1. The minimum atomic E-state index is 0.129. The summed E-state index contributed by atoms with van der Waals surface area (Å²) in [6.07, 6.45) is 4.99. The van der Waals surface area contributed by atoms with Crippen LogP contribution in [0.15, 0.2) is 28.7 Å². The molecule has 0 saturated carbocycles. The molecule has 0 bridgehead atoms. The van der Waals surface area contributed by atoms with Crippen LogP contribution in [0.2, 0.25) is 0 Å². The summed E-state index contributed by atoms with van der Waals surface area (Å²) in [6, 6.07) is 8.43. The van der Waals surface area contributed by atoms with Crippen LogP contribution in [0.25, 0.3) is 0 Å². The monoisotopic (exact) mass is 338 g/mol. The summed E-state index contributed by atoms with van der Waals surface area (Å²) in [5, 5.41) is 0. The molecular formula is C17H27BrN2. The summed E-state index contributed by atoms with van der Waals surface area (Å²) in [5.41, 5.74) is 8.14. The van der Waals surface area contributed by atoms with E-state index < -0.39 is 0 Å². The van der Waals surface area contributed by atoms with E-state index in [1.807, 2.05) is 6.07 Å². The number of halogens is 1. The Morgan fingerprint density at radius 2 is 2.00 bits per heavy atom. The van der Waals surface area contributed by atoms with Crippen molar-refractivity contribution in [3.05, 3.63) is 34.3 Å². The average Bonchev–Trinajstić information content (AvgIpc) is 2.89. The second kappa shape index (κ2) is 7.06. The zero-order chi connectivity index (χ0) is 14.6. The number of hydrogen-bond acceptors (Lipinski definition) is 2. The Balaban J connectivity index is 1.86. The Morgan fingerprint density at radius 1 is 1.30 bits per heavy atom. The van der Waals surface area contributed by atoms with Gasteiger partial charge in [-0.15, -0.1) is 0 Å². The number of nitrogens with zero attached hydrogens (tertiary/aromatic N) is 1. The van der Waals surface area contributed by atoms with Gasteiger partial charge in [0.25, 0.3) is 0 Å². The molecule has 1 aromatic carbocycles. The van der Waals surface area contributed by atoms with E-state index in [2.05, 4.69) is 52.9 Å². The zero-order valence-corrected chi connectivity index (χ0v) is 14.3. The predicted octanol–water partition coefficient (Wildman–Crippen LogP) is 4.35. The van der Waals surface area contributed by atoms with E-state index in [0.29, 0.717) is 5.41 Å². The minimum Gasteiger partial charge on any atom is -0.324 e. The van der Waals surface area contributed by atoms with Gasteiger partial charge in [0.2, 0.25) is 0 Å². The number of nitrogens with two attached hydrogens (primary N) is 1. The van der Waals surface area contributed by atoms with Crippen molar-refractivity contribution in [3.63, 3.8) is 0 Å². The van der Waals surface area contributed by atoms with Gasteiger partial charge in [-0.2, -0.15) is 0 Å². The maximum Gasteiger partial charge on any atom is 0.0318 e. The number of hydrogen-bond donors (Lipinski definition) is 1. The van der Waals surface area contributed by atoms with Crippen molar-refractivity contribution in [1.29, 1.82) is 0 Å². The molecular weight excluding hydrogens is 312 g/mol. The van der Waals surface area contributed by atoms with Crippen molar-refractivity contribution in [2.75, 3.05) is 19.6 Å². The summed E-state index contributed by atoms with van der Waals surface area (Å²) >= 11 is 3.60. The van der Waals surface area contributed by atoms with Gasteiger partial charge in [0.15, 0.2) is 0 Å². The molecule has 2 rings (SSSR count). The van der Waals surface area contributed by atoms with E-state index in [1.54, 1.807) is 0 Å². The summed E-state index contributed by atoms with van der Waals surface area (Å²) in [4.78, 5) is 2.60. The van der Waals surface area contributed by atoms with Gasteiger partial charge in [0, 0.05) is 17.1 Å². The van der Waals surface area contributed by atoms with E-state index in [0.717, 1.165) is 17.4 Å². The molecule has 1 atom stereocenters. The first-order chi connectivity index (χ1) is 9.60. The molecule has 2 N–H and O–H groups in total. The van der Waals surface area contributed by atoms with Crippen LogP contribution >= 0.6 is 15.9 Å². The lowest BCUT2D eigenvalue weighted by Gasteiger charge is -2.27. The van der Waals surface area contributed by atoms with Crippen LogP contribution in [0.5, 0.6) is 0 Å². The SMILES string of the molecule is CCC1(CC)CCN(CCC(N)c2ccccc2Br)C1. The molecule has 0 amide bonds. The average molecular weight is 339 g/mol. The highest BCUT2D eigenvalue weighted by molar-refractivity contribution is 9.10. The Labute approximate surface area is 131 Å².